The highest BCUT2D eigenvalue weighted by atomic mass is 31.2. The molecule has 2 unspecified atom stereocenters. The number of ether oxygens (including phenoxy) is 1. The van der Waals surface area contributed by atoms with E-state index in [9.17, 15) is 24.2 Å². The van der Waals surface area contributed by atoms with Crippen molar-refractivity contribution in [1.29, 1.82) is 0 Å². The van der Waals surface area contributed by atoms with E-state index in [2.05, 4.69) is 31.3 Å². The van der Waals surface area contributed by atoms with Gasteiger partial charge in [-0.1, -0.05) is 154 Å². The van der Waals surface area contributed by atoms with Gasteiger partial charge in [0, 0.05) is 19.4 Å². The summed E-state index contributed by atoms with van der Waals surface area (Å²) >= 11 is 0. The number of aliphatic hydroxyl groups is 1. The van der Waals surface area contributed by atoms with Crippen LogP contribution >= 0.6 is 7.82 Å². The molecule has 0 aromatic carbocycles. The maximum atomic E-state index is 12.0. The van der Waals surface area contributed by atoms with E-state index >= 15 is 0 Å². The van der Waals surface area contributed by atoms with Crippen LogP contribution in [-0.2, 0) is 27.9 Å². The van der Waals surface area contributed by atoms with Crippen LogP contribution in [0, 0.1) is 0 Å². The average Bonchev–Trinajstić information content (AvgIpc) is 3.07. The molecule has 0 aliphatic rings. The Bertz CT molecular complexity index is 810. The molecule has 1 amide bonds. The molecule has 284 valence electrons. The lowest BCUT2D eigenvalue weighted by Crippen LogP contribution is -2.27. The van der Waals surface area contributed by atoms with E-state index in [1.807, 2.05) is 0 Å². The first-order valence-electron chi connectivity index (χ1n) is 19.7. The molecule has 0 aliphatic carbocycles. The molecule has 48 heavy (non-hydrogen) atoms. The van der Waals surface area contributed by atoms with Gasteiger partial charge in [-0.05, 0) is 32.1 Å². The van der Waals surface area contributed by atoms with Gasteiger partial charge in [-0.2, -0.15) is 0 Å². The number of hydrogen-bond acceptors (Lipinski definition) is 7. The first-order chi connectivity index (χ1) is 23.3. The van der Waals surface area contributed by atoms with E-state index in [0.29, 0.717) is 6.42 Å². The standard InChI is InChI=1S/C38H74NO8P/c1-3-5-7-9-11-13-15-16-17-18-19-20-21-22-24-26-28-30-37(41)39-32-33-46-48(43,44)47-35-36(40)34-45-38(42)31-29-27-25-23-14-12-10-8-6-4-2/h8,10,36,40H,3-7,9,11-35H2,1-2H3,(H,39,41)(H,43,44)/b10-8-. The van der Waals surface area contributed by atoms with Crippen LogP contribution in [0.1, 0.15) is 187 Å². The summed E-state index contributed by atoms with van der Waals surface area (Å²) in [7, 11) is -4.41. The Kier molecular flexibility index (Phi) is 34.6. The van der Waals surface area contributed by atoms with Gasteiger partial charge in [0.15, 0.2) is 0 Å². The van der Waals surface area contributed by atoms with Gasteiger partial charge < -0.3 is 20.1 Å². The molecule has 0 aromatic rings. The van der Waals surface area contributed by atoms with Crippen LogP contribution in [0.3, 0.4) is 0 Å². The van der Waals surface area contributed by atoms with Crippen molar-refractivity contribution in [2.24, 2.45) is 0 Å². The van der Waals surface area contributed by atoms with Crippen molar-refractivity contribution in [1.82, 2.24) is 5.32 Å². The van der Waals surface area contributed by atoms with Crippen LogP contribution in [0.2, 0.25) is 0 Å². The minimum Gasteiger partial charge on any atom is -0.463 e. The summed E-state index contributed by atoms with van der Waals surface area (Å²) in [4.78, 5) is 33.7. The topological polar surface area (TPSA) is 131 Å². The first-order valence-corrected chi connectivity index (χ1v) is 21.2. The lowest BCUT2D eigenvalue weighted by molar-refractivity contribution is -0.147. The van der Waals surface area contributed by atoms with Crippen LogP contribution in [0.4, 0.5) is 0 Å². The summed E-state index contributed by atoms with van der Waals surface area (Å²) < 4.78 is 26.7. The Labute approximate surface area is 294 Å². The first kappa shape index (κ1) is 46.8. The molecule has 0 aliphatic heterocycles. The van der Waals surface area contributed by atoms with Crippen molar-refractivity contribution in [2.75, 3.05) is 26.4 Å². The Morgan fingerprint density at radius 1 is 0.625 bits per heavy atom. The number of nitrogens with one attached hydrogen (secondary N) is 1. The van der Waals surface area contributed by atoms with Crippen LogP contribution in [-0.4, -0.2) is 54.3 Å². The molecule has 9 nitrogen and oxygen atoms in total. The van der Waals surface area contributed by atoms with Crippen LogP contribution in [0.25, 0.3) is 0 Å². The van der Waals surface area contributed by atoms with E-state index in [1.165, 1.54) is 96.3 Å². The summed E-state index contributed by atoms with van der Waals surface area (Å²) in [6.45, 7) is 3.49. The lowest BCUT2D eigenvalue weighted by Gasteiger charge is -2.15. The number of carbonyl (C=O) groups is 2. The van der Waals surface area contributed by atoms with Gasteiger partial charge in [-0.3, -0.25) is 18.6 Å². The number of aliphatic hydroxyl groups excluding tert-OH is 1. The third kappa shape index (κ3) is 36.0. The minimum atomic E-state index is -4.41. The van der Waals surface area contributed by atoms with Crippen LogP contribution < -0.4 is 5.32 Å². The highest BCUT2D eigenvalue weighted by molar-refractivity contribution is 7.47. The van der Waals surface area contributed by atoms with Crippen LogP contribution in [0.5, 0.6) is 0 Å². The minimum absolute atomic E-state index is 0.0852. The predicted octanol–water partition coefficient (Wildman–Crippen LogP) is 10.3. The number of amides is 1. The quantitative estimate of drug-likeness (QED) is 0.0252. The second kappa shape index (κ2) is 35.6. The SMILES string of the molecule is CCC/C=C\CCCCCCCC(=O)OCC(O)COP(=O)(O)OCCNC(=O)CCCCCCCCCCCCCCCCCCC. The number of phosphoric ester groups is 1. The number of phosphoric acid groups is 1. The molecular weight excluding hydrogens is 629 g/mol. The fourth-order valence-corrected chi connectivity index (χ4v) is 6.20. The monoisotopic (exact) mass is 704 g/mol. The van der Waals surface area contributed by atoms with E-state index in [-0.39, 0.29) is 32.1 Å². The molecule has 0 radical (unpaired) electrons. The van der Waals surface area contributed by atoms with E-state index in [4.69, 9.17) is 13.8 Å². The molecule has 0 aromatic heterocycles. The Hall–Kier alpha value is -1.25. The smallest absolute Gasteiger partial charge is 0.463 e. The number of hydrogen-bond donors (Lipinski definition) is 3. The molecule has 0 saturated heterocycles. The van der Waals surface area contributed by atoms with Crippen molar-refractivity contribution < 1.29 is 37.9 Å². The zero-order chi connectivity index (χ0) is 35.4. The van der Waals surface area contributed by atoms with Crippen molar-refractivity contribution in [3.8, 4) is 0 Å². The Balaban J connectivity index is 3.57. The molecule has 0 heterocycles. The third-order valence-electron chi connectivity index (χ3n) is 8.43. The average molecular weight is 704 g/mol. The van der Waals surface area contributed by atoms with Gasteiger partial charge in [-0.15, -0.1) is 0 Å². The highest BCUT2D eigenvalue weighted by Gasteiger charge is 2.23. The van der Waals surface area contributed by atoms with E-state index < -0.39 is 26.5 Å². The van der Waals surface area contributed by atoms with E-state index in [0.717, 1.165) is 64.2 Å². The maximum Gasteiger partial charge on any atom is 0.472 e. The molecule has 0 spiro atoms. The van der Waals surface area contributed by atoms with E-state index in [1.54, 1.807) is 0 Å². The van der Waals surface area contributed by atoms with Gasteiger partial charge in [0.1, 0.15) is 12.7 Å². The molecule has 3 N–H and O–H groups in total. The maximum absolute atomic E-state index is 12.0. The molecule has 0 bridgehead atoms. The number of carbonyl (C=O) groups excluding carboxylic acids is 2. The van der Waals surface area contributed by atoms with Gasteiger partial charge in [0.05, 0.1) is 13.2 Å². The second-order valence-corrected chi connectivity index (χ2v) is 14.7. The normalized spacial score (nSPS) is 13.5. The second-order valence-electron chi connectivity index (χ2n) is 13.3. The zero-order valence-corrected chi connectivity index (χ0v) is 31.8. The van der Waals surface area contributed by atoms with Gasteiger partial charge in [-0.25, -0.2) is 4.57 Å². The zero-order valence-electron chi connectivity index (χ0n) is 30.9. The molecule has 0 rings (SSSR count). The summed E-state index contributed by atoms with van der Waals surface area (Å²) in [5.41, 5.74) is 0. The largest absolute Gasteiger partial charge is 0.472 e. The Morgan fingerprint density at radius 3 is 1.65 bits per heavy atom. The number of allylic oxidation sites excluding steroid dienone is 2. The van der Waals surface area contributed by atoms with Crippen molar-refractivity contribution >= 4 is 19.7 Å². The molecular formula is C38H74NO8P. The summed E-state index contributed by atoms with van der Waals surface area (Å²) in [5.74, 6) is -0.522. The summed E-state index contributed by atoms with van der Waals surface area (Å²) in [5, 5.41) is 12.6. The summed E-state index contributed by atoms with van der Waals surface area (Å²) in [6.07, 6.45) is 34.3. The fraction of sp³-hybridized carbons (Fsp3) is 0.895. The van der Waals surface area contributed by atoms with Gasteiger partial charge in [0.25, 0.3) is 0 Å². The van der Waals surface area contributed by atoms with Gasteiger partial charge >= 0.3 is 13.8 Å². The predicted molar refractivity (Wildman–Crippen MR) is 197 cm³/mol. The molecule has 10 heteroatoms. The van der Waals surface area contributed by atoms with Crippen molar-refractivity contribution in [2.45, 2.75) is 193 Å². The molecule has 2 atom stereocenters. The van der Waals surface area contributed by atoms with Crippen LogP contribution in [0.15, 0.2) is 12.2 Å². The number of esters is 1. The number of unbranched alkanes of at least 4 members (excludes halogenated alkanes) is 22. The lowest BCUT2D eigenvalue weighted by atomic mass is 10.0. The third-order valence-corrected chi connectivity index (χ3v) is 9.41. The molecule has 0 fully saturated rings. The van der Waals surface area contributed by atoms with Gasteiger partial charge in [0.2, 0.25) is 5.91 Å². The van der Waals surface area contributed by atoms with Crippen molar-refractivity contribution in [3.05, 3.63) is 12.2 Å². The fourth-order valence-electron chi connectivity index (χ4n) is 5.44. The Morgan fingerprint density at radius 2 is 1.10 bits per heavy atom. The highest BCUT2D eigenvalue weighted by Crippen LogP contribution is 2.42. The summed E-state index contributed by atoms with van der Waals surface area (Å²) in [6, 6.07) is 0. The number of rotatable bonds is 37. The van der Waals surface area contributed by atoms with Crippen molar-refractivity contribution in [3.63, 3.8) is 0 Å². The molecule has 0 saturated carbocycles.